The fraction of sp³-hybridized carbons (Fsp3) is 0.269. The highest BCUT2D eigenvalue weighted by Gasteiger charge is 2.51. The smallest absolute Gasteiger partial charge is 0.325 e. The topological polar surface area (TPSA) is 92.1 Å². The monoisotopic (exact) mass is 461 g/mol. The van der Waals surface area contributed by atoms with Crippen molar-refractivity contribution in [3.05, 3.63) is 89.9 Å². The predicted octanol–water partition coefficient (Wildman–Crippen LogP) is 3.67. The van der Waals surface area contributed by atoms with Crippen LogP contribution < -0.4 is 10.1 Å². The van der Waals surface area contributed by atoms with Crippen LogP contribution in [-0.4, -0.2) is 40.7 Å². The number of carbonyl (C=O) groups is 3. The number of imide groups is 1. The maximum Gasteiger partial charge on any atom is 0.325 e. The van der Waals surface area contributed by atoms with Gasteiger partial charge in [0.15, 0.2) is 5.54 Å². The molecule has 1 saturated heterocycles. The molecule has 1 aliphatic heterocycles. The van der Waals surface area contributed by atoms with Crippen molar-refractivity contribution < 1.29 is 23.5 Å². The van der Waals surface area contributed by atoms with Gasteiger partial charge in [-0.25, -0.2) is 4.79 Å². The molecule has 0 radical (unpaired) electrons. The summed E-state index contributed by atoms with van der Waals surface area (Å²) in [6.45, 7) is 4.34. The summed E-state index contributed by atoms with van der Waals surface area (Å²) in [5.41, 5.74) is 0.672. The molecule has 3 aromatic rings. The van der Waals surface area contributed by atoms with Gasteiger partial charge in [-0.05, 0) is 49.2 Å². The van der Waals surface area contributed by atoms with E-state index >= 15 is 0 Å². The Hall–Kier alpha value is -4.07. The minimum atomic E-state index is -1.33. The summed E-state index contributed by atoms with van der Waals surface area (Å²) in [5, 5.41) is 2.63. The van der Waals surface area contributed by atoms with Gasteiger partial charge >= 0.3 is 6.03 Å². The quantitative estimate of drug-likeness (QED) is 0.491. The molecule has 1 fully saturated rings. The van der Waals surface area contributed by atoms with Gasteiger partial charge in [0.25, 0.3) is 5.91 Å². The van der Waals surface area contributed by atoms with E-state index < -0.39 is 17.5 Å². The maximum absolute atomic E-state index is 13.0. The van der Waals surface area contributed by atoms with Crippen molar-refractivity contribution in [1.82, 2.24) is 15.1 Å². The lowest BCUT2D eigenvalue weighted by atomic mass is 9.99. The van der Waals surface area contributed by atoms with Gasteiger partial charge in [0.05, 0.1) is 6.26 Å². The van der Waals surface area contributed by atoms with Crippen molar-refractivity contribution in [3.63, 3.8) is 0 Å². The second kappa shape index (κ2) is 9.82. The van der Waals surface area contributed by atoms with Crippen LogP contribution in [0.15, 0.2) is 77.4 Å². The second-order valence-corrected chi connectivity index (χ2v) is 8.25. The van der Waals surface area contributed by atoms with Gasteiger partial charge in [0.1, 0.15) is 24.7 Å². The number of benzene rings is 2. The zero-order valence-corrected chi connectivity index (χ0v) is 19.2. The third-order valence-corrected chi connectivity index (χ3v) is 5.86. The lowest BCUT2D eigenvalue weighted by Crippen LogP contribution is -2.44. The summed E-state index contributed by atoms with van der Waals surface area (Å²) in [4.78, 5) is 40.9. The molecule has 2 heterocycles. The fourth-order valence-electron chi connectivity index (χ4n) is 3.83. The van der Waals surface area contributed by atoms with Crippen LogP contribution >= 0.6 is 0 Å². The highest BCUT2D eigenvalue weighted by atomic mass is 16.5. The molecule has 0 spiro atoms. The number of hydrogen-bond acceptors (Lipinski definition) is 5. The Kier molecular flexibility index (Phi) is 6.67. The van der Waals surface area contributed by atoms with E-state index in [0.717, 1.165) is 21.8 Å². The molecule has 1 aromatic heterocycles. The van der Waals surface area contributed by atoms with Crippen molar-refractivity contribution in [2.24, 2.45) is 0 Å². The second-order valence-electron chi connectivity index (χ2n) is 8.25. The molecule has 0 saturated carbocycles. The number of carbonyl (C=O) groups excluding carboxylic acids is 3. The Bertz CT molecular complexity index is 1140. The van der Waals surface area contributed by atoms with E-state index in [4.69, 9.17) is 9.15 Å². The summed E-state index contributed by atoms with van der Waals surface area (Å²) in [6, 6.07) is 20.1. The first-order valence-electron chi connectivity index (χ1n) is 11.1. The van der Waals surface area contributed by atoms with Gasteiger partial charge in [0, 0.05) is 13.1 Å². The highest BCUT2D eigenvalue weighted by Crippen LogP contribution is 2.29. The SMILES string of the molecule is CCN(Cc1ccc(OCc2ccccc2)cc1)C(=O)CN1C(=O)NC(C)(c2ccco2)C1=O. The van der Waals surface area contributed by atoms with Crippen LogP contribution in [0.2, 0.25) is 0 Å². The molecule has 1 unspecified atom stereocenters. The average molecular weight is 462 g/mol. The number of hydrogen-bond donors (Lipinski definition) is 1. The minimum Gasteiger partial charge on any atom is -0.489 e. The maximum atomic E-state index is 13.0. The summed E-state index contributed by atoms with van der Waals surface area (Å²) in [5.74, 6) is 0.220. The van der Waals surface area contributed by atoms with Gasteiger partial charge in [0.2, 0.25) is 5.91 Å². The van der Waals surface area contributed by atoms with E-state index in [1.165, 1.54) is 6.26 Å². The van der Waals surface area contributed by atoms with Crippen LogP contribution in [0.25, 0.3) is 0 Å². The third kappa shape index (κ3) is 4.80. The van der Waals surface area contributed by atoms with Crippen molar-refractivity contribution in [2.75, 3.05) is 13.1 Å². The highest BCUT2D eigenvalue weighted by molar-refractivity contribution is 6.08. The molecular weight excluding hydrogens is 434 g/mol. The summed E-state index contributed by atoms with van der Waals surface area (Å²) in [6.07, 6.45) is 1.44. The molecule has 1 aliphatic rings. The Morgan fingerprint density at radius 2 is 1.76 bits per heavy atom. The molecular formula is C26H27N3O5. The van der Waals surface area contributed by atoms with Crippen LogP contribution in [0.5, 0.6) is 5.75 Å². The Balaban J connectivity index is 1.35. The zero-order valence-electron chi connectivity index (χ0n) is 19.2. The van der Waals surface area contributed by atoms with Crippen LogP contribution in [-0.2, 0) is 28.3 Å². The standard InChI is InChI=1S/C26H27N3O5/c1-3-28(16-19-11-13-21(14-12-19)34-18-20-8-5-4-6-9-20)23(30)17-29-24(31)26(2,27-25(29)32)22-10-7-15-33-22/h4-15H,3,16-18H2,1-2H3,(H,27,32). The molecule has 34 heavy (non-hydrogen) atoms. The van der Waals surface area contributed by atoms with Crippen LogP contribution in [0.3, 0.4) is 0 Å². The van der Waals surface area contributed by atoms with Gasteiger partial charge < -0.3 is 19.4 Å². The lowest BCUT2D eigenvalue weighted by molar-refractivity contribution is -0.139. The molecule has 176 valence electrons. The van der Waals surface area contributed by atoms with Crippen molar-refractivity contribution in [1.29, 1.82) is 0 Å². The van der Waals surface area contributed by atoms with Crippen molar-refractivity contribution in [2.45, 2.75) is 32.5 Å². The van der Waals surface area contributed by atoms with E-state index in [9.17, 15) is 14.4 Å². The lowest BCUT2D eigenvalue weighted by Gasteiger charge is -2.24. The van der Waals surface area contributed by atoms with Gasteiger partial charge in [-0.2, -0.15) is 0 Å². The zero-order chi connectivity index (χ0) is 24.1. The van der Waals surface area contributed by atoms with E-state index in [-0.39, 0.29) is 12.5 Å². The Morgan fingerprint density at radius 3 is 2.41 bits per heavy atom. The number of ether oxygens (including phenoxy) is 1. The number of likely N-dealkylation sites (N-methyl/N-ethyl adjacent to an activating group) is 1. The predicted molar refractivity (Wildman–Crippen MR) is 125 cm³/mol. The Morgan fingerprint density at radius 1 is 1.03 bits per heavy atom. The number of rotatable bonds is 9. The van der Waals surface area contributed by atoms with Gasteiger partial charge in [-0.3, -0.25) is 14.5 Å². The molecule has 1 atom stereocenters. The number of furan rings is 1. The summed E-state index contributed by atoms with van der Waals surface area (Å²) < 4.78 is 11.1. The number of nitrogens with one attached hydrogen (secondary N) is 1. The first-order valence-corrected chi connectivity index (χ1v) is 11.1. The van der Waals surface area contributed by atoms with E-state index in [1.807, 2.05) is 61.5 Å². The van der Waals surface area contributed by atoms with Crippen LogP contribution in [0, 0.1) is 0 Å². The van der Waals surface area contributed by atoms with Crippen molar-refractivity contribution in [3.8, 4) is 5.75 Å². The van der Waals surface area contributed by atoms with Crippen LogP contribution in [0.4, 0.5) is 4.79 Å². The first kappa shape index (κ1) is 23.1. The van der Waals surface area contributed by atoms with Gasteiger partial charge in [-0.1, -0.05) is 42.5 Å². The molecule has 2 aromatic carbocycles. The fourth-order valence-corrected chi connectivity index (χ4v) is 3.83. The molecule has 8 nitrogen and oxygen atoms in total. The minimum absolute atomic E-state index is 0.320. The molecule has 0 aliphatic carbocycles. The third-order valence-electron chi connectivity index (χ3n) is 5.86. The molecule has 8 heteroatoms. The molecule has 4 rings (SSSR count). The number of urea groups is 1. The Labute approximate surface area is 198 Å². The van der Waals surface area contributed by atoms with E-state index in [0.29, 0.717) is 25.5 Å². The van der Waals surface area contributed by atoms with E-state index in [1.54, 1.807) is 24.0 Å². The molecule has 0 bridgehead atoms. The summed E-state index contributed by atoms with van der Waals surface area (Å²) in [7, 11) is 0. The van der Waals surface area contributed by atoms with E-state index in [2.05, 4.69) is 5.32 Å². The average Bonchev–Trinajstić information content (AvgIpc) is 3.47. The van der Waals surface area contributed by atoms with Gasteiger partial charge in [-0.15, -0.1) is 0 Å². The summed E-state index contributed by atoms with van der Waals surface area (Å²) >= 11 is 0. The number of amides is 4. The molecule has 1 N–H and O–H groups in total. The largest absolute Gasteiger partial charge is 0.489 e. The van der Waals surface area contributed by atoms with Crippen LogP contribution in [0.1, 0.15) is 30.7 Å². The van der Waals surface area contributed by atoms with Crippen molar-refractivity contribution >= 4 is 17.8 Å². The molecule has 4 amide bonds. The first-order chi connectivity index (χ1) is 16.4. The normalized spacial score (nSPS) is 17.5. The number of nitrogens with zero attached hydrogens (tertiary/aromatic N) is 2.